The molecule has 0 saturated carbocycles. The quantitative estimate of drug-likeness (QED) is 0.769. The lowest BCUT2D eigenvalue weighted by Crippen LogP contribution is -2.13. The molecule has 0 atom stereocenters. The first kappa shape index (κ1) is 14.6. The second-order valence-corrected chi connectivity index (χ2v) is 4.81. The maximum absolute atomic E-state index is 12.0. The lowest BCUT2D eigenvalue weighted by Gasteiger charge is -2.07. The Labute approximate surface area is 132 Å². The molecular weight excluding hydrogens is 292 g/mol. The molecule has 2 N–H and O–H groups in total. The topological polar surface area (TPSA) is 92.7 Å². The summed E-state index contributed by atoms with van der Waals surface area (Å²) in [5.41, 5.74) is 2.64. The van der Waals surface area contributed by atoms with Crippen molar-refractivity contribution in [2.75, 3.05) is 10.6 Å². The molecule has 23 heavy (non-hydrogen) atoms. The van der Waals surface area contributed by atoms with Gasteiger partial charge in [0.2, 0.25) is 0 Å². The first-order valence-corrected chi connectivity index (χ1v) is 6.95. The molecule has 7 heteroatoms. The fourth-order valence-electron chi connectivity index (χ4n) is 1.86. The van der Waals surface area contributed by atoms with Gasteiger partial charge in [0.05, 0.1) is 11.9 Å². The molecule has 0 aliphatic rings. The Morgan fingerprint density at radius 2 is 1.74 bits per heavy atom. The van der Waals surface area contributed by atoms with Gasteiger partial charge in [-0.3, -0.25) is 9.78 Å². The Morgan fingerprint density at radius 3 is 2.39 bits per heavy atom. The molecule has 0 saturated heterocycles. The lowest BCUT2D eigenvalue weighted by molar-refractivity contribution is 0.102. The zero-order chi connectivity index (χ0) is 16.1. The predicted octanol–water partition coefficient (Wildman–Crippen LogP) is 2.57. The summed E-state index contributed by atoms with van der Waals surface area (Å²) in [5, 5.41) is 13.9. The number of rotatable bonds is 4. The zero-order valence-corrected chi connectivity index (χ0v) is 12.4. The van der Waals surface area contributed by atoms with Crippen molar-refractivity contribution in [1.82, 2.24) is 20.2 Å². The van der Waals surface area contributed by atoms with Crippen LogP contribution < -0.4 is 10.6 Å². The summed E-state index contributed by atoms with van der Waals surface area (Å²) in [6, 6.07) is 11.0. The molecule has 3 aromatic rings. The van der Waals surface area contributed by atoms with Crippen molar-refractivity contribution >= 4 is 23.1 Å². The Kier molecular flexibility index (Phi) is 4.19. The molecule has 0 fully saturated rings. The minimum absolute atomic E-state index is 0.268. The van der Waals surface area contributed by atoms with E-state index in [1.807, 2.05) is 31.2 Å². The van der Waals surface area contributed by atoms with E-state index in [9.17, 15) is 4.79 Å². The predicted molar refractivity (Wildman–Crippen MR) is 86.5 cm³/mol. The lowest BCUT2D eigenvalue weighted by atomic mass is 10.2. The summed E-state index contributed by atoms with van der Waals surface area (Å²) in [6.45, 7) is 1.88. The summed E-state index contributed by atoms with van der Waals surface area (Å²) in [4.78, 5) is 19.8. The van der Waals surface area contributed by atoms with Crippen LogP contribution >= 0.6 is 0 Å². The van der Waals surface area contributed by atoms with Crippen LogP contribution in [-0.2, 0) is 0 Å². The molecule has 0 aliphatic carbocycles. The third kappa shape index (κ3) is 3.85. The molecule has 7 nitrogen and oxygen atoms in total. The second kappa shape index (κ2) is 6.61. The van der Waals surface area contributed by atoms with Crippen molar-refractivity contribution < 1.29 is 4.79 Å². The van der Waals surface area contributed by atoms with E-state index < -0.39 is 0 Å². The fourth-order valence-corrected chi connectivity index (χ4v) is 1.86. The molecule has 0 radical (unpaired) electrons. The number of carbonyl (C=O) groups is 1. The number of nitrogens with one attached hydrogen (secondary N) is 2. The van der Waals surface area contributed by atoms with Gasteiger partial charge in [0.25, 0.3) is 5.91 Å². The van der Waals surface area contributed by atoms with Gasteiger partial charge < -0.3 is 10.6 Å². The molecule has 0 bridgehead atoms. The van der Waals surface area contributed by atoms with Crippen LogP contribution in [0.4, 0.5) is 17.2 Å². The number of hydrogen-bond donors (Lipinski definition) is 2. The Bertz CT molecular complexity index is 787. The van der Waals surface area contributed by atoms with Gasteiger partial charge in [-0.2, -0.15) is 5.10 Å². The molecule has 2 heterocycles. The monoisotopic (exact) mass is 306 g/mol. The standard InChI is InChI=1S/C16H14N6O/c1-11-2-7-15(22-21-11)19-12-3-5-13(6-4-12)20-16(23)14-10-17-8-9-18-14/h2-10H,1H3,(H,19,22)(H,20,23). The van der Waals surface area contributed by atoms with E-state index in [1.165, 1.54) is 18.6 Å². The van der Waals surface area contributed by atoms with E-state index in [2.05, 4.69) is 30.8 Å². The van der Waals surface area contributed by atoms with Crippen molar-refractivity contribution in [3.8, 4) is 0 Å². The fraction of sp³-hybridized carbons (Fsp3) is 0.0625. The number of nitrogens with zero attached hydrogens (tertiary/aromatic N) is 4. The van der Waals surface area contributed by atoms with E-state index in [1.54, 1.807) is 12.1 Å². The highest BCUT2D eigenvalue weighted by molar-refractivity contribution is 6.02. The van der Waals surface area contributed by atoms with Crippen LogP contribution in [0.5, 0.6) is 0 Å². The molecule has 1 aromatic carbocycles. The molecule has 2 aromatic heterocycles. The Morgan fingerprint density at radius 1 is 0.957 bits per heavy atom. The molecule has 3 rings (SSSR count). The van der Waals surface area contributed by atoms with Gasteiger partial charge in [-0.25, -0.2) is 4.98 Å². The van der Waals surface area contributed by atoms with Crippen LogP contribution in [0.25, 0.3) is 0 Å². The van der Waals surface area contributed by atoms with Crippen LogP contribution in [0.2, 0.25) is 0 Å². The van der Waals surface area contributed by atoms with Gasteiger partial charge in [-0.1, -0.05) is 0 Å². The molecule has 0 unspecified atom stereocenters. The van der Waals surface area contributed by atoms with Crippen LogP contribution in [0.15, 0.2) is 55.0 Å². The highest BCUT2D eigenvalue weighted by Crippen LogP contribution is 2.17. The van der Waals surface area contributed by atoms with E-state index in [0.29, 0.717) is 11.5 Å². The van der Waals surface area contributed by atoms with Gasteiger partial charge in [0, 0.05) is 23.8 Å². The van der Waals surface area contributed by atoms with Crippen LogP contribution in [0.3, 0.4) is 0 Å². The number of aryl methyl sites for hydroxylation is 1. The Balaban J connectivity index is 1.65. The largest absolute Gasteiger partial charge is 0.339 e. The second-order valence-electron chi connectivity index (χ2n) is 4.81. The van der Waals surface area contributed by atoms with Gasteiger partial charge in [-0.15, -0.1) is 5.10 Å². The van der Waals surface area contributed by atoms with Crippen molar-refractivity contribution in [3.63, 3.8) is 0 Å². The summed E-state index contributed by atoms with van der Waals surface area (Å²) >= 11 is 0. The maximum Gasteiger partial charge on any atom is 0.275 e. The number of anilines is 3. The molecule has 1 amide bonds. The molecule has 0 aliphatic heterocycles. The van der Waals surface area contributed by atoms with Crippen LogP contribution in [0, 0.1) is 6.92 Å². The zero-order valence-electron chi connectivity index (χ0n) is 12.4. The van der Waals surface area contributed by atoms with Crippen molar-refractivity contribution in [2.45, 2.75) is 6.92 Å². The minimum Gasteiger partial charge on any atom is -0.339 e. The van der Waals surface area contributed by atoms with Crippen molar-refractivity contribution in [1.29, 1.82) is 0 Å². The van der Waals surface area contributed by atoms with E-state index >= 15 is 0 Å². The molecular formula is C16H14N6O. The third-order valence-corrected chi connectivity index (χ3v) is 3.01. The normalized spacial score (nSPS) is 10.1. The average Bonchev–Trinajstić information content (AvgIpc) is 2.59. The van der Waals surface area contributed by atoms with E-state index in [4.69, 9.17) is 0 Å². The van der Waals surface area contributed by atoms with Gasteiger partial charge in [0.1, 0.15) is 5.69 Å². The highest BCUT2D eigenvalue weighted by atomic mass is 16.1. The summed E-state index contributed by atoms with van der Waals surface area (Å²) in [5.74, 6) is 0.357. The number of amides is 1. The summed E-state index contributed by atoms with van der Waals surface area (Å²) < 4.78 is 0. The summed E-state index contributed by atoms with van der Waals surface area (Å²) in [6.07, 6.45) is 4.41. The van der Waals surface area contributed by atoms with Gasteiger partial charge in [-0.05, 0) is 43.3 Å². The van der Waals surface area contributed by atoms with Gasteiger partial charge >= 0.3 is 0 Å². The minimum atomic E-state index is -0.303. The third-order valence-electron chi connectivity index (χ3n) is 3.01. The first-order valence-electron chi connectivity index (χ1n) is 6.95. The first-order chi connectivity index (χ1) is 11.2. The smallest absolute Gasteiger partial charge is 0.275 e. The summed E-state index contributed by atoms with van der Waals surface area (Å²) in [7, 11) is 0. The maximum atomic E-state index is 12.0. The number of benzene rings is 1. The SMILES string of the molecule is Cc1ccc(Nc2ccc(NC(=O)c3cnccn3)cc2)nn1. The van der Waals surface area contributed by atoms with Crippen molar-refractivity contribution in [2.24, 2.45) is 0 Å². The molecule has 114 valence electrons. The van der Waals surface area contributed by atoms with Crippen molar-refractivity contribution in [3.05, 3.63) is 66.4 Å². The number of aromatic nitrogens is 4. The Hall–Kier alpha value is -3.35. The molecule has 0 spiro atoms. The van der Waals surface area contributed by atoms with E-state index in [-0.39, 0.29) is 11.6 Å². The number of hydrogen-bond acceptors (Lipinski definition) is 6. The van der Waals surface area contributed by atoms with Crippen LogP contribution in [0.1, 0.15) is 16.2 Å². The highest BCUT2D eigenvalue weighted by Gasteiger charge is 2.07. The van der Waals surface area contributed by atoms with E-state index in [0.717, 1.165) is 11.4 Å². The number of carbonyl (C=O) groups excluding carboxylic acids is 1. The average molecular weight is 306 g/mol. The van der Waals surface area contributed by atoms with Crippen LogP contribution in [-0.4, -0.2) is 26.1 Å². The van der Waals surface area contributed by atoms with Gasteiger partial charge in [0.15, 0.2) is 5.82 Å².